The van der Waals surface area contributed by atoms with Crippen molar-refractivity contribution < 1.29 is 28.4 Å². The molecule has 10 aromatic carbocycles. The number of rotatable bonds is 40. The van der Waals surface area contributed by atoms with Crippen molar-refractivity contribution in [3.8, 4) is 77.6 Å². The summed E-state index contributed by atoms with van der Waals surface area (Å²) in [5.41, 5.74) is 12.8. The second-order valence-corrected chi connectivity index (χ2v) is 30.6. The number of unbranched alkanes of at least 4 members (excludes halogenated alkanes) is 16. The molecule has 0 radical (unpaired) electrons. The Hall–Kier alpha value is -8.82. The van der Waals surface area contributed by atoms with E-state index in [1.54, 1.807) is 0 Å². The molecule has 0 aliphatic heterocycles. The molecule has 0 N–H and O–H groups in total. The minimum atomic E-state index is 0.652. The van der Waals surface area contributed by atoms with Gasteiger partial charge < -0.3 is 28.4 Å². The molecule has 0 spiro atoms. The zero-order valence-corrected chi connectivity index (χ0v) is 63.0. The molecule has 532 valence electrons. The van der Waals surface area contributed by atoms with Crippen LogP contribution in [0.15, 0.2) is 206 Å². The molecule has 0 unspecified atom stereocenters. The number of allylic oxidation sites excluding steroid dienone is 2. The maximum Gasteiger partial charge on any atom is 0.127 e. The summed E-state index contributed by atoms with van der Waals surface area (Å²) in [6.45, 7) is 13.3. The number of hydrogen-bond acceptors (Lipinski definition) is 8. The minimum Gasteiger partial charge on any atom is -0.494 e. The Morgan fingerprint density at radius 1 is 0.282 bits per heavy atom. The number of thiophene rings is 2. The zero-order chi connectivity index (χ0) is 70.4. The van der Waals surface area contributed by atoms with Crippen molar-refractivity contribution in [2.75, 3.05) is 39.6 Å². The van der Waals surface area contributed by atoms with Gasteiger partial charge in [0.15, 0.2) is 0 Å². The molecule has 0 amide bonds. The summed E-state index contributed by atoms with van der Waals surface area (Å²) in [5, 5.41) is 9.54. The molecule has 103 heavy (non-hydrogen) atoms. The smallest absolute Gasteiger partial charge is 0.127 e. The van der Waals surface area contributed by atoms with Gasteiger partial charge in [0.1, 0.15) is 34.5 Å². The number of aryl methyl sites for hydroxylation is 2. The van der Waals surface area contributed by atoms with E-state index in [9.17, 15) is 0 Å². The fourth-order valence-corrected chi connectivity index (χ4v) is 17.2. The van der Waals surface area contributed by atoms with Crippen LogP contribution >= 0.6 is 22.7 Å². The number of ether oxygens (including phenoxy) is 6. The topological polar surface area (TPSA) is 55.4 Å². The molecule has 12 aromatic rings. The quantitative estimate of drug-likeness (QED) is 0.0357. The molecule has 0 fully saturated rings. The lowest BCUT2D eigenvalue weighted by atomic mass is 9.92. The number of hydrogen-bond donors (Lipinski definition) is 0. The van der Waals surface area contributed by atoms with Gasteiger partial charge in [-0.2, -0.15) is 0 Å². The van der Waals surface area contributed by atoms with Gasteiger partial charge in [-0.25, -0.2) is 0 Å². The minimum absolute atomic E-state index is 0.652. The normalized spacial score (nSPS) is 12.3. The highest BCUT2D eigenvalue weighted by atomic mass is 32.1. The lowest BCUT2D eigenvalue weighted by Gasteiger charge is -2.20. The summed E-state index contributed by atoms with van der Waals surface area (Å²) >= 11 is 3.81. The van der Waals surface area contributed by atoms with Gasteiger partial charge in [0.05, 0.1) is 39.6 Å². The van der Waals surface area contributed by atoms with Crippen molar-refractivity contribution in [3.63, 3.8) is 0 Å². The Labute approximate surface area is 621 Å². The average Bonchev–Trinajstić information content (AvgIpc) is 1.52. The summed E-state index contributed by atoms with van der Waals surface area (Å²) < 4.78 is 39.5. The van der Waals surface area contributed by atoms with Gasteiger partial charge in [-0.15, -0.1) is 22.7 Å². The van der Waals surface area contributed by atoms with E-state index in [2.05, 4.69) is 234 Å². The van der Waals surface area contributed by atoms with Crippen LogP contribution < -0.4 is 28.4 Å². The van der Waals surface area contributed by atoms with Crippen molar-refractivity contribution in [2.24, 2.45) is 0 Å². The largest absolute Gasteiger partial charge is 0.494 e. The Bertz CT molecular complexity index is 4450. The Morgan fingerprint density at radius 2 is 0.553 bits per heavy atom. The summed E-state index contributed by atoms with van der Waals surface area (Å²) in [6.07, 6.45) is 26.4. The van der Waals surface area contributed by atoms with Gasteiger partial charge in [-0.1, -0.05) is 199 Å². The molecule has 0 bridgehead atoms. The molecule has 2 aromatic heterocycles. The Morgan fingerprint density at radius 3 is 0.854 bits per heavy atom. The lowest BCUT2D eigenvalue weighted by Crippen LogP contribution is -2.03. The molecule has 8 heteroatoms. The first kappa shape index (κ1) is 72.5. The van der Waals surface area contributed by atoms with Crippen LogP contribution in [0.25, 0.3) is 97.4 Å². The van der Waals surface area contributed by atoms with Crippen LogP contribution in [-0.4, -0.2) is 39.6 Å². The second kappa shape index (κ2) is 37.1. The van der Waals surface area contributed by atoms with Crippen molar-refractivity contribution in [3.05, 3.63) is 227 Å². The fourth-order valence-electron chi connectivity index (χ4n) is 15.1. The first-order chi connectivity index (χ1) is 50.9. The van der Waals surface area contributed by atoms with Crippen LogP contribution in [0.5, 0.6) is 34.5 Å². The second-order valence-electron chi connectivity index (χ2n) is 28.1. The lowest BCUT2D eigenvalue weighted by molar-refractivity contribution is 0.288. The first-order valence-corrected chi connectivity index (χ1v) is 40.5. The van der Waals surface area contributed by atoms with Gasteiger partial charge in [0.25, 0.3) is 0 Å². The monoisotopic (exact) mass is 1400 g/mol. The molecular formula is C95H104O6S2. The molecule has 1 aliphatic rings. The molecule has 0 atom stereocenters. The van der Waals surface area contributed by atoms with Crippen LogP contribution in [-0.2, 0) is 0 Å². The van der Waals surface area contributed by atoms with Gasteiger partial charge in [-0.05, 0) is 259 Å². The molecule has 6 nitrogen and oxygen atoms in total. The van der Waals surface area contributed by atoms with Crippen molar-refractivity contribution in [1.29, 1.82) is 0 Å². The molecule has 0 saturated heterocycles. The number of fused-ring (bicyclic) bond motifs is 4. The number of benzene rings is 10. The summed E-state index contributed by atoms with van der Waals surface area (Å²) in [7, 11) is 0. The van der Waals surface area contributed by atoms with E-state index in [-0.39, 0.29) is 0 Å². The SMILES string of the molecule is CCCCCCCCOc1ccc2ccccc2c1-c1c(OCCCCCCOc2ccc(-c3cc(C4=C(c5cc(-c6ccc(OCCCCCCOc7ccc8ccccc8c7-c7c(OCCCCCCCC)ccc8ccccc78)cc6)sc5C)CCC4)c(C)s3)cc2)ccc2ccccc12. The van der Waals surface area contributed by atoms with Crippen LogP contribution in [0, 0.1) is 13.8 Å². The predicted octanol–water partition coefficient (Wildman–Crippen LogP) is 28.3. The van der Waals surface area contributed by atoms with Gasteiger partial charge in [0.2, 0.25) is 0 Å². The van der Waals surface area contributed by atoms with Gasteiger partial charge in [-0.3, -0.25) is 0 Å². The van der Waals surface area contributed by atoms with E-state index in [1.165, 1.54) is 167 Å². The molecule has 1 aliphatic carbocycles. The first-order valence-electron chi connectivity index (χ1n) is 38.9. The molecule has 13 rings (SSSR count). The van der Waals surface area contributed by atoms with E-state index in [0.717, 1.165) is 134 Å². The standard InChI is InChI=1S/C95H104O6S2/c1-5-7-9-11-13-29-62-98-86-56-48-70-34-19-23-38-78(70)92(86)94-80-40-25-21-36-72(80)50-58-88(94)100-64-31-17-15-27-60-96-76-52-44-74(45-53-76)90-66-84(68(3)102-90)82-42-33-43-83(82)85-67-91(103-69(85)4)75-46-54-77(55-47-75)97-61-28-16-18-32-65-101-89-59-51-73-37-22-26-41-81(73)95(89)93-79-39-24-20-35-71(79)49-57-87(93)99-63-30-14-12-10-8-6-2/h19-26,34-41,44-59,66-67H,5-18,27-33,42-43,60-65H2,1-4H3. The van der Waals surface area contributed by atoms with Crippen LogP contribution in [0.1, 0.15) is 182 Å². The van der Waals surface area contributed by atoms with E-state index >= 15 is 0 Å². The van der Waals surface area contributed by atoms with E-state index in [0.29, 0.717) is 39.6 Å². The molecule has 0 saturated carbocycles. The van der Waals surface area contributed by atoms with Crippen molar-refractivity contribution in [1.82, 2.24) is 0 Å². The third kappa shape index (κ3) is 18.4. The predicted molar refractivity (Wildman–Crippen MR) is 440 cm³/mol. The zero-order valence-electron chi connectivity index (χ0n) is 61.4. The molecule has 2 heterocycles. The van der Waals surface area contributed by atoms with E-state index < -0.39 is 0 Å². The van der Waals surface area contributed by atoms with Crippen molar-refractivity contribution >= 4 is 76.9 Å². The van der Waals surface area contributed by atoms with Gasteiger partial charge >= 0.3 is 0 Å². The van der Waals surface area contributed by atoms with Gasteiger partial charge in [0, 0.05) is 41.8 Å². The van der Waals surface area contributed by atoms with Crippen LogP contribution in [0.2, 0.25) is 0 Å². The highest BCUT2D eigenvalue weighted by Gasteiger charge is 2.26. The summed E-state index contributed by atoms with van der Waals surface area (Å²) in [5.74, 6) is 5.53. The highest BCUT2D eigenvalue weighted by molar-refractivity contribution is 7.16. The summed E-state index contributed by atoms with van der Waals surface area (Å²) in [4.78, 5) is 5.39. The Balaban J connectivity index is 0.557. The maximum atomic E-state index is 6.75. The fraction of sp³-hybridized carbons (Fsp3) is 0.347. The van der Waals surface area contributed by atoms with E-state index in [1.807, 2.05) is 22.7 Å². The molecular weight excluding hydrogens is 1300 g/mol. The average molecular weight is 1410 g/mol. The van der Waals surface area contributed by atoms with Crippen LogP contribution in [0.3, 0.4) is 0 Å². The van der Waals surface area contributed by atoms with Crippen LogP contribution in [0.4, 0.5) is 0 Å². The highest BCUT2D eigenvalue weighted by Crippen LogP contribution is 2.50. The maximum absolute atomic E-state index is 6.75. The van der Waals surface area contributed by atoms with Crippen molar-refractivity contribution in [2.45, 2.75) is 175 Å². The summed E-state index contributed by atoms with van der Waals surface area (Å²) in [6, 6.07) is 74.5. The Kier molecular flexibility index (Phi) is 26.1. The van der Waals surface area contributed by atoms with E-state index in [4.69, 9.17) is 28.4 Å². The third-order valence-corrected chi connectivity index (χ3v) is 22.9. The third-order valence-electron chi connectivity index (χ3n) is 20.7.